The third kappa shape index (κ3) is 4.77. The Morgan fingerprint density at radius 1 is 1.53 bits per heavy atom. The van der Waals surface area contributed by atoms with E-state index in [4.69, 9.17) is 5.11 Å². The van der Waals surface area contributed by atoms with Gasteiger partial charge in [-0.25, -0.2) is 0 Å². The van der Waals surface area contributed by atoms with Crippen molar-refractivity contribution in [2.24, 2.45) is 0 Å². The van der Waals surface area contributed by atoms with Gasteiger partial charge >= 0.3 is 0 Å². The Labute approximate surface area is 125 Å². The molecule has 0 saturated carbocycles. The largest absolute Gasteiger partial charge is 0.384 e. The number of carbonyl (C=O) groups is 1. The maximum atomic E-state index is 12.0. The van der Waals surface area contributed by atoms with Gasteiger partial charge in [0.05, 0.1) is 10.4 Å². The van der Waals surface area contributed by atoms with E-state index in [9.17, 15) is 4.79 Å². The lowest BCUT2D eigenvalue weighted by molar-refractivity contribution is 0.0954. The van der Waals surface area contributed by atoms with Crippen molar-refractivity contribution < 1.29 is 9.90 Å². The Bertz CT molecular complexity index is 484. The zero-order chi connectivity index (χ0) is 13.5. The van der Waals surface area contributed by atoms with Gasteiger partial charge in [0, 0.05) is 34.4 Å². The van der Waals surface area contributed by atoms with Crippen molar-refractivity contribution in [3.8, 4) is 11.8 Å². The average molecular weight is 313 g/mol. The molecule has 2 N–H and O–H groups in total. The van der Waals surface area contributed by atoms with Crippen LogP contribution >= 0.6 is 34.9 Å². The normalized spacial score (nSPS) is 18.5. The average Bonchev–Trinajstić information content (AvgIpc) is 2.92. The van der Waals surface area contributed by atoms with Gasteiger partial charge in [0.2, 0.25) is 0 Å². The minimum absolute atomic E-state index is 0.0375. The molecule has 1 amide bonds. The van der Waals surface area contributed by atoms with E-state index in [1.165, 1.54) is 22.8 Å². The second-order valence-corrected chi connectivity index (χ2v) is 7.41. The van der Waals surface area contributed by atoms with E-state index in [0.29, 0.717) is 10.8 Å². The number of thiophene rings is 1. The predicted molar refractivity (Wildman–Crippen MR) is 84.2 cm³/mol. The number of carbonyl (C=O) groups excluding carboxylic acids is 1. The quantitative estimate of drug-likeness (QED) is 0.834. The van der Waals surface area contributed by atoms with Crippen molar-refractivity contribution >= 4 is 40.8 Å². The summed E-state index contributed by atoms with van der Waals surface area (Å²) in [5.41, 5.74) is 0.653. The third-order valence-corrected chi connectivity index (χ3v) is 6.22. The fraction of sp³-hybridized carbons (Fsp3) is 0.462. The zero-order valence-electron chi connectivity index (χ0n) is 10.3. The molecule has 2 rings (SSSR count). The lowest BCUT2D eigenvalue weighted by Crippen LogP contribution is -2.33. The number of hydrogen-bond acceptors (Lipinski definition) is 5. The fourth-order valence-electron chi connectivity index (χ4n) is 1.61. The molecule has 1 aliphatic rings. The van der Waals surface area contributed by atoms with Gasteiger partial charge in [-0.15, -0.1) is 11.3 Å². The van der Waals surface area contributed by atoms with Gasteiger partial charge in [-0.3, -0.25) is 4.79 Å². The predicted octanol–water partition coefficient (Wildman–Crippen LogP) is 1.67. The number of nitrogens with one attached hydrogen (secondary N) is 1. The van der Waals surface area contributed by atoms with E-state index < -0.39 is 0 Å². The van der Waals surface area contributed by atoms with E-state index in [2.05, 4.69) is 17.2 Å². The van der Waals surface area contributed by atoms with E-state index in [0.717, 1.165) is 17.2 Å². The first-order valence-corrected chi connectivity index (χ1v) is 9.03. The lowest BCUT2D eigenvalue weighted by Gasteiger charge is -2.20. The van der Waals surface area contributed by atoms with Crippen molar-refractivity contribution in [1.29, 1.82) is 0 Å². The van der Waals surface area contributed by atoms with E-state index >= 15 is 0 Å². The van der Waals surface area contributed by atoms with Gasteiger partial charge in [-0.1, -0.05) is 11.8 Å². The first kappa shape index (κ1) is 14.8. The molecule has 2 heterocycles. The summed E-state index contributed by atoms with van der Waals surface area (Å²) in [6, 6.07) is 1.77. The minimum Gasteiger partial charge on any atom is -0.384 e. The number of hydrogen-bond donors (Lipinski definition) is 2. The van der Waals surface area contributed by atoms with Crippen molar-refractivity contribution in [2.45, 2.75) is 5.25 Å². The monoisotopic (exact) mass is 313 g/mol. The molecule has 1 atom stereocenters. The molecule has 1 aromatic rings. The molecule has 6 heteroatoms. The maximum Gasteiger partial charge on any atom is 0.252 e. The second kappa shape index (κ2) is 7.85. The van der Waals surface area contributed by atoms with Crippen molar-refractivity contribution in [3.05, 3.63) is 21.9 Å². The summed E-state index contributed by atoms with van der Waals surface area (Å²) in [5.74, 6) is 8.85. The van der Waals surface area contributed by atoms with Crippen molar-refractivity contribution in [3.63, 3.8) is 0 Å². The molecule has 0 aliphatic carbocycles. The molecule has 0 aromatic carbocycles. The molecular weight excluding hydrogens is 298 g/mol. The summed E-state index contributed by atoms with van der Waals surface area (Å²) in [6.07, 6.45) is 0. The molecule has 1 aromatic heterocycles. The molecule has 0 radical (unpaired) electrons. The highest BCUT2D eigenvalue weighted by Crippen LogP contribution is 2.23. The Morgan fingerprint density at radius 3 is 3.16 bits per heavy atom. The Morgan fingerprint density at radius 2 is 2.42 bits per heavy atom. The van der Waals surface area contributed by atoms with Crippen LogP contribution in [0.2, 0.25) is 0 Å². The van der Waals surface area contributed by atoms with Gasteiger partial charge < -0.3 is 10.4 Å². The lowest BCUT2D eigenvalue weighted by atomic mass is 10.3. The minimum atomic E-state index is -0.157. The molecule has 1 unspecified atom stereocenters. The fourth-order valence-corrected chi connectivity index (χ4v) is 4.98. The van der Waals surface area contributed by atoms with Gasteiger partial charge in [-0.2, -0.15) is 23.5 Å². The van der Waals surface area contributed by atoms with Gasteiger partial charge in [0.1, 0.15) is 6.61 Å². The van der Waals surface area contributed by atoms with Crippen molar-refractivity contribution in [2.75, 3.05) is 30.4 Å². The summed E-state index contributed by atoms with van der Waals surface area (Å²) in [6.45, 7) is 0.569. The smallest absolute Gasteiger partial charge is 0.252 e. The van der Waals surface area contributed by atoms with Crippen LogP contribution in [0.15, 0.2) is 11.4 Å². The summed E-state index contributed by atoms with van der Waals surface area (Å²) in [4.78, 5) is 12.8. The Hall–Kier alpha value is -0.610. The molecule has 3 nitrogen and oxygen atoms in total. The number of rotatable bonds is 3. The van der Waals surface area contributed by atoms with Gasteiger partial charge in [0.15, 0.2) is 0 Å². The summed E-state index contributed by atoms with van der Waals surface area (Å²) in [5, 5.41) is 13.9. The molecule has 1 fully saturated rings. The van der Waals surface area contributed by atoms with Crippen LogP contribution in [0.5, 0.6) is 0 Å². The first-order chi connectivity index (χ1) is 9.29. The molecule has 1 saturated heterocycles. The molecule has 102 valence electrons. The van der Waals surface area contributed by atoms with Crippen LogP contribution in [-0.2, 0) is 0 Å². The number of aliphatic hydroxyl groups is 1. The van der Waals surface area contributed by atoms with Gasteiger partial charge in [0.25, 0.3) is 5.91 Å². The zero-order valence-corrected chi connectivity index (χ0v) is 12.8. The van der Waals surface area contributed by atoms with Crippen LogP contribution in [0.3, 0.4) is 0 Å². The highest BCUT2D eigenvalue weighted by atomic mass is 32.2. The number of amides is 1. The topological polar surface area (TPSA) is 49.3 Å². The molecule has 0 bridgehead atoms. The van der Waals surface area contributed by atoms with Gasteiger partial charge in [-0.05, 0) is 6.07 Å². The third-order valence-electron chi connectivity index (χ3n) is 2.53. The van der Waals surface area contributed by atoms with Crippen LogP contribution in [0.25, 0.3) is 0 Å². The maximum absolute atomic E-state index is 12.0. The van der Waals surface area contributed by atoms with Crippen LogP contribution in [0.1, 0.15) is 15.2 Å². The molecular formula is C13H15NO2S3. The van der Waals surface area contributed by atoms with E-state index in [-0.39, 0.29) is 12.5 Å². The van der Waals surface area contributed by atoms with Crippen LogP contribution in [-0.4, -0.2) is 46.7 Å². The SMILES string of the molecule is O=C(NCC1CSCCS1)c1csc(C#CCO)c1. The second-order valence-electron chi connectivity index (χ2n) is 3.94. The standard InChI is InChI=1S/C13H15NO2S3/c15-3-1-2-11-6-10(8-19-11)13(16)14-7-12-9-17-4-5-18-12/h6,8,12,15H,3-5,7,9H2,(H,14,16). The Kier molecular flexibility index (Phi) is 6.11. The number of thioether (sulfide) groups is 2. The van der Waals surface area contributed by atoms with Crippen LogP contribution in [0.4, 0.5) is 0 Å². The summed E-state index contributed by atoms with van der Waals surface area (Å²) < 4.78 is 0. The van der Waals surface area contributed by atoms with Crippen molar-refractivity contribution in [1.82, 2.24) is 5.32 Å². The van der Waals surface area contributed by atoms with E-state index in [1.807, 2.05) is 23.5 Å². The van der Waals surface area contributed by atoms with E-state index in [1.54, 1.807) is 11.4 Å². The Balaban J connectivity index is 1.83. The molecule has 0 spiro atoms. The highest BCUT2D eigenvalue weighted by Gasteiger charge is 2.16. The number of aliphatic hydroxyl groups excluding tert-OH is 1. The van der Waals surface area contributed by atoms with Crippen LogP contribution < -0.4 is 5.32 Å². The highest BCUT2D eigenvalue weighted by molar-refractivity contribution is 8.06. The summed E-state index contributed by atoms with van der Waals surface area (Å²) in [7, 11) is 0. The molecule has 1 aliphatic heterocycles. The molecule has 19 heavy (non-hydrogen) atoms. The van der Waals surface area contributed by atoms with Crippen LogP contribution in [0, 0.1) is 11.8 Å². The summed E-state index contributed by atoms with van der Waals surface area (Å²) >= 11 is 5.31. The first-order valence-electron chi connectivity index (χ1n) is 5.95.